The number of azo groups is 1. The predicted octanol–water partition coefficient (Wildman–Crippen LogP) is 5.13. The van der Waals surface area contributed by atoms with Crippen LogP contribution in [0.15, 0.2) is 112 Å². The highest BCUT2D eigenvalue weighted by Crippen LogP contribution is 2.22. The van der Waals surface area contributed by atoms with Crippen molar-refractivity contribution in [1.29, 1.82) is 0 Å². The van der Waals surface area contributed by atoms with Crippen molar-refractivity contribution >= 4 is 23.0 Å². The lowest BCUT2D eigenvalue weighted by atomic mass is 10.1. The number of rotatable bonds is 6. The number of carbonyl (C=O) groups excluding carboxylic acids is 1. The van der Waals surface area contributed by atoms with Crippen LogP contribution in [0.3, 0.4) is 0 Å². The number of amides is 1. The molecule has 0 unspecified atom stereocenters. The third kappa shape index (κ3) is 4.56. The standard InChI is InChI=1S/C26H23N5O3/c1-18-22(26(34)31(30(18)2)21-16-10-5-11-17-21)28-29-23(24(32)19-12-6-3-7-13-19)25(33)27-20-14-8-4-9-15-20/h3-17,32H,1-2H3,(H,27,33). The van der Waals surface area contributed by atoms with Crippen LogP contribution in [-0.2, 0) is 11.8 Å². The third-order valence-electron chi connectivity index (χ3n) is 5.29. The van der Waals surface area contributed by atoms with Crippen LogP contribution in [0.4, 0.5) is 11.4 Å². The van der Waals surface area contributed by atoms with E-state index in [1.807, 2.05) is 36.4 Å². The zero-order valence-electron chi connectivity index (χ0n) is 18.7. The van der Waals surface area contributed by atoms with Gasteiger partial charge < -0.3 is 10.4 Å². The van der Waals surface area contributed by atoms with Gasteiger partial charge in [-0.25, -0.2) is 4.68 Å². The zero-order chi connectivity index (χ0) is 24.1. The molecule has 0 atom stereocenters. The number of aromatic nitrogens is 2. The monoisotopic (exact) mass is 453 g/mol. The quantitative estimate of drug-likeness (QED) is 0.240. The molecule has 8 heteroatoms. The van der Waals surface area contributed by atoms with Gasteiger partial charge in [0.2, 0.25) is 0 Å². The van der Waals surface area contributed by atoms with Crippen LogP contribution in [-0.4, -0.2) is 20.4 Å². The molecule has 0 radical (unpaired) electrons. The Morgan fingerprint density at radius 3 is 2.06 bits per heavy atom. The van der Waals surface area contributed by atoms with E-state index in [2.05, 4.69) is 15.5 Å². The van der Waals surface area contributed by atoms with Crippen molar-refractivity contribution in [1.82, 2.24) is 9.36 Å². The van der Waals surface area contributed by atoms with E-state index in [9.17, 15) is 14.7 Å². The van der Waals surface area contributed by atoms with Crippen LogP contribution < -0.4 is 10.9 Å². The molecule has 0 aliphatic carbocycles. The summed E-state index contributed by atoms with van der Waals surface area (Å²) in [5, 5.41) is 21.7. The molecule has 2 N–H and O–H groups in total. The molecule has 1 heterocycles. The molecular weight excluding hydrogens is 430 g/mol. The number of nitrogens with zero attached hydrogens (tertiary/aromatic N) is 4. The molecule has 170 valence electrons. The second-order valence-corrected chi connectivity index (χ2v) is 7.49. The fourth-order valence-corrected chi connectivity index (χ4v) is 3.41. The Balaban J connectivity index is 1.78. The number of carbonyl (C=O) groups is 1. The Bertz CT molecular complexity index is 1420. The molecule has 0 spiro atoms. The van der Waals surface area contributed by atoms with E-state index in [0.29, 0.717) is 22.6 Å². The molecule has 0 bridgehead atoms. The number of nitrogens with one attached hydrogen (secondary N) is 1. The lowest BCUT2D eigenvalue weighted by Gasteiger charge is -2.08. The van der Waals surface area contributed by atoms with Crippen molar-refractivity contribution in [2.24, 2.45) is 17.3 Å². The average Bonchev–Trinajstić information content (AvgIpc) is 3.08. The summed E-state index contributed by atoms with van der Waals surface area (Å²) in [4.78, 5) is 26.2. The highest BCUT2D eigenvalue weighted by Gasteiger charge is 2.20. The van der Waals surface area contributed by atoms with Gasteiger partial charge in [-0.05, 0) is 31.2 Å². The maximum absolute atomic E-state index is 13.1. The van der Waals surface area contributed by atoms with E-state index in [0.717, 1.165) is 0 Å². The number of hydrogen-bond acceptors (Lipinski definition) is 5. The first kappa shape index (κ1) is 22.5. The van der Waals surface area contributed by atoms with Crippen LogP contribution in [0, 0.1) is 6.92 Å². The Morgan fingerprint density at radius 1 is 0.882 bits per heavy atom. The van der Waals surface area contributed by atoms with Gasteiger partial charge >= 0.3 is 0 Å². The van der Waals surface area contributed by atoms with Gasteiger partial charge in [0.15, 0.2) is 17.1 Å². The SMILES string of the molecule is Cc1c(N=NC(C(=O)Nc2ccccc2)=C(O)c2ccccc2)c(=O)n(-c2ccccc2)n1C. The smallest absolute Gasteiger partial charge is 0.299 e. The molecule has 0 saturated carbocycles. The summed E-state index contributed by atoms with van der Waals surface area (Å²) in [5.74, 6) is -1.01. The number of aliphatic hydroxyl groups excluding tert-OH is 1. The first-order chi connectivity index (χ1) is 16.5. The summed E-state index contributed by atoms with van der Waals surface area (Å²) in [5.41, 5.74) is 1.51. The van der Waals surface area contributed by atoms with Gasteiger partial charge in [0, 0.05) is 18.3 Å². The molecule has 0 aliphatic heterocycles. The first-order valence-corrected chi connectivity index (χ1v) is 10.6. The maximum Gasteiger partial charge on any atom is 0.299 e. The minimum atomic E-state index is -0.659. The van der Waals surface area contributed by atoms with Gasteiger partial charge in [-0.15, -0.1) is 10.2 Å². The Hall–Kier alpha value is -4.72. The molecule has 1 aromatic heterocycles. The van der Waals surface area contributed by atoms with E-state index in [-0.39, 0.29) is 17.1 Å². The van der Waals surface area contributed by atoms with Crippen molar-refractivity contribution in [3.8, 4) is 5.69 Å². The molecule has 4 rings (SSSR count). The van der Waals surface area contributed by atoms with Crippen molar-refractivity contribution in [3.63, 3.8) is 0 Å². The maximum atomic E-state index is 13.1. The third-order valence-corrected chi connectivity index (χ3v) is 5.29. The molecule has 0 aliphatic rings. The predicted molar refractivity (Wildman–Crippen MR) is 131 cm³/mol. The van der Waals surface area contributed by atoms with Gasteiger partial charge in [-0.1, -0.05) is 66.7 Å². The van der Waals surface area contributed by atoms with Crippen molar-refractivity contribution in [2.45, 2.75) is 6.92 Å². The largest absolute Gasteiger partial charge is 0.505 e. The van der Waals surface area contributed by atoms with Crippen molar-refractivity contribution < 1.29 is 9.90 Å². The van der Waals surface area contributed by atoms with Crippen molar-refractivity contribution in [3.05, 3.63) is 118 Å². The molecule has 3 aromatic carbocycles. The minimum Gasteiger partial charge on any atom is -0.505 e. The Kier molecular flexibility index (Phi) is 6.49. The summed E-state index contributed by atoms with van der Waals surface area (Å²) < 4.78 is 3.13. The minimum absolute atomic E-state index is 0.0669. The van der Waals surface area contributed by atoms with Gasteiger partial charge in [0.1, 0.15) is 0 Å². The van der Waals surface area contributed by atoms with E-state index in [4.69, 9.17) is 0 Å². The van der Waals surface area contributed by atoms with E-state index >= 15 is 0 Å². The molecule has 8 nitrogen and oxygen atoms in total. The Morgan fingerprint density at radius 2 is 1.44 bits per heavy atom. The second-order valence-electron chi connectivity index (χ2n) is 7.49. The Labute approximate surface area is 196 Å². The van der Waals surface area contributed by atoms with Crippen molar-refractivity contribution in [2.75, 3.05) is 5.32 Å². The highest BCUT2D eigenvalue weighted by atomic mass is 16.3. The number of hydrogen-bond donors (Lipinski definition) is 2. The molecular formula is C26H23N5O3. The molecule has 0 saturated heterocycles. The topological polar surface area (TPSA) is 101 Å². The van der Waals surface area contributed by atoms with Gasteiger partial charge in [0.05, 0.1) is 11.4 Å². The average molecular weight is 454 g/mol. The zero-order valence-corrected chi connectivity index (χ0v) is 18.7. The molecule has 0 fully saturated rings. The summed E-state index contributed by atoms with van der Waals surface area (Å²) in [6, 6.07) is 26.5. The van der Waals surface area contributed by atoms with E-state index < -0.39 is 11.5 Å². The summed E-state index contributed by atoms with van der Waals surface area (Å²) >= 11 is 0. The number of aliphatic hydroxyl groups is 1. The van der Waals surface area contributed by atoms with Gasteiger partial charge in [0.25, 0.3) is 11.5 Å². The fourth-order valence-electron chi connectivity index (χ4n) is 3.41. The van der Waals surface area contributed by atoms with E-state index in [1.165, 1.54) is 4.68 Å². The summed E-state index contributed by atoms with van der Waals surface area (Å²) in [6.45, 7) is 1.74. The van der Waals surface area contributed by atoms with Crippen LogP contribution >= 0.6 is 0 Å². The molecule has 34 heavy (non-hydrogen) atoms. The highest BCUT2D eigenvalue weighted by molar-refractivity contribution is 6.07. The lowest BCUT2D eigenvalue weighted by molar-refractivity contribution is -0.112. The molecule has 4 aromatic rings. The number of anilines is 1. The van der Waals surface area contributed by atoms with Crippen LogP contribution in [0.25, 0.3) is 11.4 Å². The van der Waals surface area contributed by atoms with Crippen LogP contribution in [0.2, 0.25) is 0 Å². The fraction of sp³-hybridized carbons (Fsp3) is 0.0769. The summed E-state index contributed by atoms with van der Waals surface area (Å²) in [7, 11) is 1.74. The van der Waals surface area contributed by atoms with Gasteiger partial charge in [-0.3, -0.25) is 14.3 Å². The lowest BCUT2D eigenvalue weighted by Crippen LogP contribution is -2.19. The first-order valence-electron chi connectivity index (χ1n) is 10.6. The number of para-hydroxylation sites is 2. The molecule has 1 amide bonds. The number of benzene rings is 3. The van der Waals surface area contributed by atoms with Crippen LogP contribution in [0.5, 0.6) is 0 Å². The second kappa shape index (κ2) is 9.83. The van der Waals surface area contributed by atoms with E-state index in [1.54, 1.807) is 73.3 Å². The summed E-state index contributed by atoms with van der Waals surface area (Å²) in [6.07, 6.45) is 0. The van der Waals surface area contributed by atoms with Crippen LogP contribution in [0.1, 0.15) is 11.3 Å². The van der Waals surface area contributed by atoms with Gasteiger partial charge in [-0.2, -0.15) is 0 Å². The normalized spacial score (nSPS) is 11.9.